The fourth-order valence-corrected chi connectivity index (χ4v) is 5.09. The second-order valence-corrected chi connectivity index (χ2v) is 7.70. The Morgan fingerprint density at radius 2 is 2.38 bits per heavy atom. The molecule has 1 aromatic carbocycles. The summed E-state index contributed by atoms with van der Waals surface area (Å²) in [6, 6.07) is 5.57. The molecule has 2 unspecified atom stereocenters. The van der Waals surface area contributed by atoms with Crippen molar-refractivity contribution < 1.29 is 14.3 Å². The number of halogens is 1. The number of Topliss-reactive ketones (excluding diaryl/α,β-unsaturated/α-hetero) is 1. The zero-order chi connectivity index (χ0) is 14.9. The highest BCUT2D eigenvalue weighted by atomic mass is 79.9. The Kier molecular flexibility index (Phi) is 4.62. The van der Waals surface area contributed by atoms with Crippen LogP contribution in [0.1, 0.15) is 29.6 Å². The zero-order valence-electron chi connectivity index (χ0n) is 12.1. The van der Waals surface area contributed by atoms with Crippen molar-refractivity contribution in [1.29, 1.82) is 0 Å². The van der Waals surface area contributed by atoms with Crippen LogP contribution >= 0.6 is 27.7 Å². The van der Waals surface area contributed by atoms with Crippen LogP contribution in [0.3, 0.4) is 0 Å². The van der Waals surface area contributed by atoms with Gasteiger partial charge in [0.15, 0.2) is 5.78 Å². The van der Waals surface area contributed by atoms with Gasteiger partial charge in [0, 0.05) is 23.8 Å². The first kappa shape index (κ1) is 15.4. The molecule has 0 N–H and O–H groups in total. The van der Waals surface area contributed by atoms with Crippen LogP contribution in [0.4, 0.5) is 0 Å². The fraction of sp³-hybridized carbons (Fsp3) is 0.562. The third-order valence-corrected chi connectivity index (χ3v) is 6.21. The Morgan fingerprint density at radius 1 is 1.52 bits per heavy atom. The molecule has 0 aromatic heterocycles. The van der Waals surface area contributed by atoms with Crippen LogP contribution in [0.15, 0.2) is 22.7 Å². The number of ketones is 1. The van der Waals surface area contributed by atoms with Gasteiger partial charge in [0.1, 0.15) is 5.75 Å². The highest BCUT2D eigenvalue weighted by Crippen LogP contribution is 2.41. The van der Waals surface area contributed by atoms with Crippen LogP contribution < -0.4 is 4.74 Å². The third kappa shape index (κ3) is 3.15. The number of thioether (sulfide) groups is 1. The molecule has 1 aromatic rings. The summed E-state index contributed by atoms with van der Waals surface area (Å²) in [6.07, 6.45) is 2.77. The van der Waals surface area contributed by atoms with Crippen molar-refractivity contribution in [1.82, 2.24) is 0 Å². The number of carbonyl (C=O) groups excluding carboxylic acids is 1. The first-order valence-corrected chi connectivity index (χ1v) is 9.18. The van der Waals surface area contributed by atoms with Gasteiger partial charge >= 0.3 is 0 Å². The molecule has 2 heterocycles. The van der Waals surface area contributed by atoms with Crippen LogP contribution in [-0.2, 0) is 4.74 Å². The van der Waals surface area contributed by atoms with Crippen molar-refractivity contribution in [2.45, 2.75) is 24.9 Å². The quantitative estimate of drug-likeness (QED) is 0.754. The van der Waals surface area contributed by atoms with E-state index in [-0.39, 0.29) is 17.3 Å². The van der Waals surface area contributed by atoms with Gasteiger partial charge in [-0.2, -0.15) is 11.8 Å². The maximum absolute atomic E-state index is 12.8. The summed E-state index contributed by atoms with van der Waals surface area (Å²) < 4.78 is 12.0. The normalized spacial score (nSPS) is 28.8. The summed E-state index contributed by atoms with van der Waals surface area (Å²) in [5.41, 5.74) is 0.711. The number of hydrogen-bond donors (Lipinski definition) is 0. The van der Waals surface area contributed by atoms with Crippen LogP contribution in [0.5, 0.6) is 5.75 Å². The van der Waals surface area contributed by atoms with E-state index < -0.39 is 0 Å². The molecule has 0 amide bonds. The van der Waals surface area contributed by atoms with E-state index >= 15 is 0 Å². The molecule has 2 saturated heterocycles. The molecule has 2 aliphatic heterocycles. The lowest BCUT2D eigenvalue weighted by atomic mass is 9.81. The summed E-state index contributed by atoms with van der Waals surface area (Å²) in [7, 11) is 1.63. The van der Waals surface area contributed by atoms with Gasteiger partial charge in [0.25, 0.3) is 0 Å². The van der Waals surface area contributed by atoms with Crippen molar-refractivity contribution >= 4 is 33.5 Å². The lowest BCUT2D eigenvalue weighted by Crippen LogP contribution is -2.42. The average Bonchev–Trinajstić information content (AvgIpc) is 2.94. The molecular weight excluding hydrogens is 352 g/mol. The summed E-state index contributed by atoms with van der Waals surface area (Å²) >= 11 is 5.39. The molecule has 0 saturated carbocycles. The molecule has 2 aliphatic rings. The summed E-state index contributed by atoms with van der Waals surface area (Å²) in [4.78, 5) is 12.8. The summed E-state index contributed by atoms with van der Waals surface area (Å²) in [5, 5.41) is 0. The second-order valence-electron chi connectivity index (χ2n) is 5.74. The second kappa shape index (κ2) is 6.31. The molecule has 1 spiro atoms. The van der Waals surface area contributed by atoms with Crippen LogP contribution in [-0.4, -0.2) is 36.6 Å². The van der Waals surface area contributed by atoms with E-state index in [2.05, 4.69) is 15.9 Å². The predicted octanol–water partition coefficient (Wildman–Crippen LogP) is 3.94. The monoisotopic (exact) mass is 370 g/mol. The topological polar surface area (TPSA) is 35.5 Å². The Bertz CT molecular complexity index is 540. The summed E-state index contributed by atoms with van der Waals surface area (Å²) in [5.74, 6) is 3.25. The molecule has 3 rings (SSSR count). The van der Waals surface area contributed by atoms with Crippen molar-refractivity contribution in [2.24, 2.45) is 5.92 Å². The Balaban J connectivity index is 1.76. The standard InChI is InChI=1S/C16H19BrO3S/c1-19-14-3-2-11(8-13(14)17)15(18)12-4-6-20-16(9-12)5-7-21-10-16/h2-3,8,12H,4-7,9-10H2,1H3. The van der Waals surface area contributed by atoms with Crippen molar-refractivity contribution in [3.8, 4) is 5.75 Å². The molecular formula is C16H19BrO3S. The number of ether oxygens (including phenoxy) is 2. The highest BCUT2D eigenvalue weighted by molar-refractivity contribution is 9.10. The molecule has 2 atom stereocenters. The molecule has 5 heteroatoms. The van der Waals surface area contributed by atoms with E-state index in [1.165, 1.54) is 0 Å². The molecule has 3 nitrogen and oxygen atoms in total. The van der Waals surface area contributed by atoms with E-state index in [0.29, 0.717) is 6.61 Å². The molecule has 21 heavy (non-hydrogen) atoms. The molecule has 0 aliphatic carbocycles. The van der Waals surface area contributed by atoms with E-state index in [0.717, 1.165) is 46.6 Å². The van der Waals surface area contributed by atoms with Gasteiger partial charge in [0.05, 0.1) is 17.2 Å². The van der Waals surface area contributed by atoms with E-state index in [4.69, 9.17) is 9.47 Å². The summed E-state index contributed by atoms with van der Waals surface area (Å²) in [6.45, 7) is 0.703. The number of methoxy groups -OCH3 is 1. The SMILES string of the molecule is COc1ccc(C(=O)C2CCOC3(CCSC3)C2)cc1Br. The van der Waals surface area contributed by atoms with Crippen LogP contribution in [0.25, 0.3) is 0 Å². The minimum atomic E-state index is -0.0487. The highest BCUT2D eigenvalue weighted by Gasteiger charge is 2.42. The largest absolute Gasteiger partial charge is 0.496 e. The number of benzene rings is 1. The van der Waals surface area contributed by atoms with E-state index in [1.54, 1.807) is 7.11 Å². The van der Waals surface area contributed by atoms with Crippen LogP contribution in [0.2, 0.25) is 0 Å². The van der Waals surface area contributed by atoms with Crippen molar-refractivity contribution in [3.63, 3.8) is 0 Å². The lowest BCUT2D eigenvalue weighted by Gasteiger charge is -2.37. The minimum Gasteiger partial charge on any atom is -0.496 e. The zero-order valence-corrected chi connectivity index (χ0v) is 14.5. The Morgan fingerprint density at radius 3 is 3.05 bits per heavy atom. The first-order chi connectivity index (χ1) is 10.1. The van der Waals surface area contributed by atoms with Crippen molar-refractivity contribution in [2.75, 3.05) is 25.2 Å². The number of hydrogen-bond acceptors (Lipinski definition) is 4. The Hall–Kier alpha value is -0.520. The van der Waals surface area contributed by atoms with E-state index in [1.807, 2.05) is 30.0 Å². The third-order valence-electron chi connectivity index (χ3n) is 4.37. The molecule has 2 fully saturated rings. The lowest BCUT2D eigenvalue weighted by molar-refractivity contribution is -0.0734. The van der Waals surface area contributed by atoms with Gasteiger partial charge in [-0.25, -0.2) is 0 Å². The molecule has 0 bridgehead atoms. The number of rotatable bonds is 3. The molecule has 114 valence electrons. The molecule has 0 radical (unpaired) electrons. The Labute approximate surface area is 137 Å². The smallest absolute Gasteiger partial charge is 0.166 e. The van der Waals surface area contributed by atoms with Gasteiger partial charge in [-0.15, -0.1) is 0 Å². The van der Waals surface area contributed by atoms with Gasteiger partial charge in [-0.1, -0.05) is 0 Å². The minimum absolute atomic E-state index is 0.0487. The maximum Gasteiger partial charge on any atom is 0.166 e. The maximum atomic E-state index is 12.8. The van der Waals surface area contributed by atoms with Crippen LogP contribution in [0, 0.1) is 5.92 Å². The first-order valence-electron chi connectivity index (χ1n) is 7.23. The van der Waals surface area contributed by atoms with Crippen molar-refractivity contribution in [3.05, 3.63) is 28.2 Å². The van der Waals surface area contributed by atoms with Gasteiger partial charge in [0.2, 0.25) is 0 Å². The van der Waals surface area contributed by atoms with Gasteiger partial charge in [-0.3, -0.25) is 4.79 Å². The van der Waals surface area contributed by atoms with Gasteiger partial charge < -0.3 is 9.47 Å². The fourth-order valence-electron chi connectivity index (χ4n) is 3.17. The number of carbonyl (C=O) groups is 1. The average molecular weight is 371 g/mol. The predicted molar refractivity (Wildman–Crippen MR) is 88.4 cm³/mol. The van der Waals surface area contributed by atoms with E-state index in [9.17, 15) is 4.79 Å². The van der Waals surface area contributed by atoms with Gasteiger partial charge in [-0.05, 0) is 59.1 Å².